The van der Waals surface area contributed by atoms with Crippen molar-refractivity contribution in [3.05, 3.63) is 29.8 Å². The molecule has 0 saturated carbocycles. The summed E-state index contributed by atoms with van der Waals surface area (Å²) in [4.78, 5) is 4.20. The van der Waals surface area contributed by atoms with Gasteiger partial charge in [0.2, 0.25) is 0 Å². The number of guanidine groups is 1. The molecule has 19 heavy (non-hydrogen) atoms. The zero-order chi connectivity index (χ0) is 13.5. The van der Waals surface area contributed by atoms with Crippen LogP contribution in [0, 0.1) is 0 Å². The lowest BCUT2D eigenvalue weighted by atomic mass is 10.1. The Balaban J connectivity index is 1.75. The van der Waals surface area contributed by atoms with Crippen LogP contribution in [0.5, 0.6) is 5.75 Å². The second-order valence-corrected chi connectivity index (χ2v) is 5.41. The van der Waals surface area contributed by atoms with Crippen molar-refractivity contribution < 1.29 is 4.74 Å². The minimum atomic E-state index is 0.191. The summed E-state index contributed by atoms with van der Waals surface area (Å²) in [6.07, 6.45) is 3.25. The van der Waals surface area contributed by atoms with Crippen molar-refractivity contribution in [2.45, 2.75) is 12.5 Å². The van der Waals surface area contributed by atoms with E-state index in [0.29, 0.717) is 0 Å². The van der Waals surface area contributed by atoms with Crippen molar-refractivity contribution in [1.29, 1.82) is 0 Å². The SMILES string of the molecule is CN=C(NCCSC)NCC1Cc2ccccc2O1. The Kier molecular flexibility index (Phi) is 5.39. The zero-order valence-electron chi connectivity index (χ0n) is 11.5. The summed E-state index contributed by atoms with van der Waals surface area (Å²) in [7, 11) is 1.79. The molecule has 1 aromatic rings. The number of nitrogens with one attached hydrogen (secondary N) is 2. The molecule has 2 rings (SSSR count). The molecule has 0 spiro atoms. The average Bonchev–Trinajstić information content (AvgIpc) is 2.85. The monoisotopic (exact) mass is 279 g/mol. The van der Waals surface area contributed by atoms with E-state index in [1.807, 2.05) is 23.9 Å². The first-order chi connectivity index (χ1) is 9.33. The van der Waals surface area contributed by atoms with E-state index < -0.39 is 0 Å². The Bertz CT molecular complexity index is 411. The van der Waals surface area contributed by atoms with Gasteiger partial charge in [-0.15, -0.1) is 0 Å². The van der Waals surface area contributed by atoms with Gasteiger partial charge in [0.15, 0.2) is 5.96 Å². The molecular formula is C14H21N3OS. The number of ether oxygens (including phenoxy) is 1. The number of fused-ring (bicyclic) bond motifs is 1. The summed E-state index contributed by atoms with van der Waals surface area (Å²) in [5.41, 5.74) is 1.29. The van der Waals surface area contributed by atoms with Gasteiger partial charge in [-0.05, 0) is 17.9 Å². The highest BCUT2D eigenvalue weighted by Crippen LogP contribution is 2.27. The van der Waals surface area contributed by atoms with Gasteiger partial charge in [-0.2, -0.15) is 11.8 Å². The Labute approximate surface area is 119 Å². The van der Waals surface area contributed by atoms with E-state index in [1.165, 1.54) is 5.56 Å². The van der Waals surface area contributed by atoms with E-state index in [-0.39, 0.29) is 6.10 Å². The average molecular weight is 279 g/mol. The smallest absolute Gasteiger partial charge is 0.191 e. The van der Waals surface area contributed by atoms with E-state index in [2.05, 4.69) is 34.0 Å². The maximum atomic E-state index is 5.88. The van der Waals surface area contributed by atoms with Gasteiger partial charge in [-0.3, -0.25) is 4.99 Å². The van der Waals surface area contributed by atoms with Crippen molar-refractivity contribution in [1.82, 2.24) is 10.6 Å². The minimum Gasteiger partial charge on any atom is -0.488 e. The number of aliphatic imine (C=N–C) groups is 1. The molecule has 0 aromatic heterocycles. The highest BCUT2D eigenvalue weighted by molar-refractivity contribution is 7.98. The van der Waals surface area contributed by atoms with Crippen LogP contribution in [0.3, 0.4) is 0 Å². The van der Waals surface area contributed by atoms with Crippen molar-refractivity contribution in [3.8, 4) is 5.75 Å². The molecule has 0 saturated heterocycles. The molecule has 1 aliphatic heterocycles. The van der Waals surface area contributed by atoms with Crippen molar-refractivity contribution in [2.24, 2.45) is 4.99 Å². The molecule has 1 unspecified atom stereocenters. The molecule has 2 N–H and O–H groups in total. The first kappa shape index (κ1) is 14.1. The Morgan fingerprint density at radius 1 is 1.42 bits per heavy atom. The van der Waals surface area contributed by atoms with Crippen molar-refractivity contribution in [3.63, 3.8) is 0 Å². The molecule has 0 amide bonds. The minimum absolute atomic E-state index is 0.191. The number of rotatable bonds is 5. The van der Waals surface area contributed by atoms with E-state index in [4.69, 9.17) is 4.74 Å². The summed E-state index contributed by atoms with van der Waals surface area (Å²) in [5.74, 6) is 2.93. The standard InChI is InChI=1S/C14H21N3OS/c1-15-14(16-7-8-19-2)17-10-12-9-11-5-3-4-6-13(11)18-12/h3-6,12H,7-10H2,1-2H3,(H2,15,16,17). The van der Waals surface area contributed by atoms with Gasteiger partial charge >= 0.3 is 0 Å². The third-order valence-electron chi connectivity index (χ3n) is 3.03. The molecule has 4 nitrogen and oxygen atoms in total. The van der Waals surface area contributed by atoms with Crippen LogP contribution in [0.4, 0.5) is 0 Å². The van der Waals surface area contributed by atoms with Crippen molar-refractivity contribution >= 4 is 17.7 Å². The van der Waals surface area contributed by atoms with E-state index in [1.54, 1.807) is 7.05 Å². The molecule has 1 aromatic carbocycles. The normalized spacial score (nSPS) is 17.8. The van der Waals surface area contributed by atoms with Crippen molar-refractivity contribution in [2.75, 3.05) is 32.1 Å². The summed E-state index contributed by atoms with van der Waals surface area (Å²) < 4.78 is 5.88. The molecule has 1 heterocycles. The van der Waals surface area contributed by atoms with Gasteiger partial charge in [-0.25, -0.2) is 0 Å². The van der Waals surface area contributed by atoms with Crippen LogP contribution in [0.15, 0.2) is 29.3 Å². The lowest BCUT2D eigenvalue weighted by Crippen LogP contribution is -2.42. The molecule has 0 radical (unpaired) electrons. The topological polar surface area (TPSA) is 45.7 Å². The molecular weight excluding hydrogens is 258 g/mol. The number of thioether (sulfide) groups is 1. The lowest BCUT2D eigenvalue weighted by Gasteiger charge is -2.15. The maximum Gasteiger partial charge on any atom is 0.191 e. The van der Waals surface area contributed by atoms with Gasteiger partial charge in [-0.1, -0.05) is 18.2 Å². The van der Waals surface area contributed by atoms with E-state index in [9.17, 15) is 0 Å². The lowest BCUT2D eigenvalue weighted by molar-refractivity contribution is 0.235. The fourth-order valence-electron chi connectivity index (χ4n) is 2.07. The first-order valence-corrected chi connectivity index (χ1v) is 7.91. The largest absolute Gasteiger partial charge is 0.488 e. The predicted molar refractivity (Wildman–Crippen MR) is 82.3 cm³/mol. The van der Waals surface area contributed by atoms with Crippen LogP contribution < -0.4 is 15.4 Å². The molecule has 0 aliphatic carbocycles. The molecule has 0 bridgehead atoms. The Morgan fingerprint density at radius 2 is 2.26 bits per heavy atom. The highest BCUT2D eigenvalue weighted by atomic mass is 32.2. The molecule has 0 fully saturated rings. The maximum absolute atomic E-state index is 5.88. The number of benzene rings is 1. The van der Waals surface area contributed by atoms with Gasteiger partial charge < -0.3 is 15.4 Å². The van der Waals surface area contributed by atoms with Gasteiger partial charge in [0.25, 0.3) is 0 Å². The number of hydrogen-bond donors (Lipinski definition) is 2. The number of para-hydroxylation sites is 1. The fourth-order valence-corrected chi connectivity index (χ4v) is 2.38. The summed E-state index contributed by atoms with van der Waals surface area (Å²) >= 11 is 1.82. The third-order valence-corrected chi connectivity index (χ3v) is 3.65. The Hall–Kier alpha value is -1.36. The van der Waals surface area contributed by atoms with Crippen LogP contribution >= 0.6 is 11.8 Å². The van der Waals surface area contributed by atoms with E-state index in [0.717, 1.165) is 37.0 Å². The van der Waals surface area contributed by atoms with E-state index >= 15 is 0 Å². The van der Waals surface area contributed by atoms with Crippen LogP contribution in [-0.2, 0) is 6.42 Å². The third kappa shape index (κ3) is 4.06. The second kappa shape index (κ2) is 7.28. The summed E-state index contributed by atoms with van der Waals surface area (Å²) in [5, 5.41) is 6.59. The first-order valence-electron chi connectivity index (χ1n) is 6.51. The molecule has 104 valence electrons. The van der Waals surface area contributed by atoms with Crippen LogP contribution in [0.25, 0.3) is 0 Å². The molecule has 1 atom stereocenters. The van der Waals surface area contributed by atoms with Gasteiger partial charge in [0, 0.05) is 25.8 Å². The fraction of sp³-hybridized carbons (Fsp3) is 0.500. The quantitative estimate of drug-likeness (QED) is 0.487. The second-order valence-electron chi connectivity index (χ2n) is 4.42. The van der Waals surface area contributed by atoms with Crippen LogP contribution in [0.2, 0.25) is 0 Å². The predicted octanol–water partition coefficient (Wildman–Crippen LogP) is 1.52. The van der Waals surface area contributed by atoms with Crippen LogP contribution in [0.1, 0.15) is 5.56 Å². The summed E-state index contributed by atoms with van der Waals surface area (Å²) in [6, 6.07) is 8.22. The molecule has 5 heteroatoms. The number of hydrogen-bond acceptors (Lipinski definition) is 3. The highest BCUT2D eigenvalue weighted by Gasteiger charge is 2.22. The number of nitrogens with zero attached hydrogens (tertiary/aromatic N) is 1. The zero-order valence-corrected chi connectivity index (χ0v) is 12.3. The summed E-state index contributed by atoms with van der Waals surface area (Å²) in [6.45, 7) is 1.69. The van der Waals surface area contributed by atoms with Gasteiger partial charge in [0.1, 0.15) is 11.9 Å². The molecule has 1 aliphatic rings. The Morgan fingerprint density at radius 3 is 3.00 bits per heavy atom. The van der Waals surface area contributed by atoms with Gasteiger partial charge in [0.05, 0.1) is 6.54 Å². The van der Waals surface area contributed by atoms with Crippen LogP contribution in [-0.4, -0.2) is 44.2 Å².